The molecule has 0 radical (unpaired) electrons. The number of carbonyl (C=O) groups is 2. The summed E-state index contributed by atoms with van der Waals surface area (Å²) in [6.07, 6.45) is 0.922. The molecule has 2 aromatic rings. The molecule has 7 heteroatoms. The number of thiophene rings is 1. The van der Waals surface area contributed by atoms with Gasteiger partial charge in [0.25, 0.3) is 5.91 Å². The smallest absolute Gasteiger partial charge is 0.252 e. The number of benzene rings is 1. The molecule has 0 bridgehead atoms. The number of hydrogen-bond acceptors (Lipinski definition) is 3. The average Bonchev–Trinajstić information content (AvgIpc) is 3.08. The molecule has 128 valence electrons. The molecule has 1 atom stereocenters. The molecule has 1 aromatic carbocycles. The van der Waals surface area contributed by atoms with Crippen molar-refractivity contribution in [3.8, 4) is 0 Å². The van der Waals surface area contributed by atoms with Crippen LogP contribution in [-0.4, -0.2) is 18.4 Å². The van der Waals surface area contributed by atoms with Crippen molar-refractivity contribution in [2.45, 2.75) is 25.8 Å². The van der Waals surface area contributed by atoms with Gasteiger partial charge in [-0.1, -0.05) is 29.3 Å². The zero-order valence-corrected chi connectivity index (χ0v) is 15.5. The summed E-state index contributed by atoms with van der Waals surface area (Å²) in [5.74, 6) is -0.181. The van der Waals surface area contributed by atoms with E-state index in [2.05, 4.69) is 10.6 Å². The Morgan fingerprint density at radius 2 is 2.00 bits per heavy atom. The number of nitrogens with one attached hydrogen (secondary N) is 2. The van der Waals surface area contributed by atoms with Crippen LogP contribution >= 0.6 is 34.5 Å². The molecule has 0 aliphatic rings. The van der Waals surface area contributed by atoms with Gasteiger partial charge in [0.1, 0.15) is 0 Å². The number of halogens is 2. The van der Waals surface area contributed by atoms with Crippen LogP contribution < -0.4 is 10.6 Å². The van der Waals surface area contributed by atoms with Crippen molar-refractivity contribution in [3.63, 3.8) is 0 Å². The topological polar surface area (TPSA) is 58.2 Å². The number of amides is 2. The van der Waals surface area contributed by atoms with E-state index in [4.69, 9.17) is 23.2 Å². The monoisotopic (exact) mass is 384 g/mol. The Hall–Kier alpha value is -1.56. The molecule has 1 heterocycles. The van der Waals surface area contributed by atoms with Gasteiger partial charge in [-0.15, -0.1) is 0 Å². The van der Waals surface area contributed by atoms with Gasteiger partial charge in [-0.05, 0) is 42.5 Å². The Morgan fingerprint density at radius 3 is 2.67 bits per heavy atom. The lowest BCUT2D eigenvalue weighted by Gasteiger charge is -2.15. The van der Waals surface area contributed by atoms with Crippen molar-refractivity contribution in [1.82, 2.24) is 10.6 Å². The van der Waals surface area contributed by atoms with Crippen LogP contribution in [0.3, 0.4) is 0 Å². The van der Waals surface area contributed by atoms with Crippen molar-refractivity contribution in [2.24, 2.45) is 0 Å². The van der Waals surface area contributed by atoms with Crippen molar-refractivity contribution >= 4 is 46.4 Å². The zero-order chi connectivity index (χ0) is 17.5. The van der Waals surface area contributed by atoms with Gasteiger partial charge < -0.3 is 10.6 Å². The third-order valence-corrected chi connectivity index (χ3v) is 4.89. The van der Waals surface area contributed by atoms with Gasteiger partial charge >= 0.3 is 0 Å². The van der Waals surface area contributed by atoms with Gasteiger partial charge in [-0.3, -0.25) is 9.59 Å². The molecule has 0 aliphatic carbocycles. The summed E-state index contributed by atoms with van der Waals surface area (Å²) in [6, 6.07) is 6.90. The van der Waals surface area contributed by atoms with E-state index in [1.165, 1.54) is 11.3 Å². The van der Waals surface area contributed by atoms with Gasteiger partial charge in [0.2, 0.25) is 5.91 Å². The molecule has 2 amide bonds. The van der Waals surface area contributed by atoms with E-state index in [1.807, 2.05) is 18.4 Å². The summed E-state index contributed by atoms with van der Waals surface area (Å²) in [7, 11) is 0. The lowest BCUT2D eigenvalue weighted by Crippen LogP contribution is -2.28. The predicted octanol–water partition coefficient (Wildman–Crippen LogP) is 4.44. The van der Waals surface area contributed by atoms with Crippen LogP contribution in [0.15, 0.2) is 35.0 Å². The van der Waals surface area contributed by atoms with Crippen LogP contribution in [0.5, 0.6) is 0 Å². The Kier molecular flexibility index (Phi) is 7.09. The fraction of sp³-hybridized carbons (Fsp3) is 0.294. The van der Waals surface area contributed by atoms with Gasteiger partial charge in [0.05, 0.1) is 16.1 Å². The van der Waals surface area contributed by atoms with Crippen LogP contribution in [0.25, 0.3) is 0 Å². The van der Waals surface area contributed by atoms with E-state index in [1.54, 1.807) is 23.6 Å². The zero-order valence-electron chi connectivity index (χ0n) is 13.1. The van der Waals surface area contributed by atoms with Crippen LogP contribution in [0, 0.1) is 0 Å². The fourth-order valence-corrected chi connectivity index (χ4v) is 3.07. The molecular formula is C17H18Cl2N2O2S. The Morgan fingerprint density at radius 1 is 1.21 bits per heavy atom. The maximum Gasteiger partial charge on any atom is 0.252 e. The highest BCUT2D eigenvalue weighted by Gasteiger charge is 2.11. The maximum atomic E-state index is 12.0. The largest absolute Gasteiger partial charge is 0.352 e. The minimum Gasteiger partial charge on any atom is -0.352 e. The normalized spacial score (nSPS) is 11.8. The highest BCUT2D eigenvalue weighted by molar-refractivity contribution is 7.08. The summed E-state index contributed by atoms with van der Waals surface area (Å²) < 4.78 is 0. The number of rotatable bonds is 7. The summed E-state index contributed by atoms with van der Waals surface area (Å²) in [5.41, 5.74) is 1.54. The molecule has 0 spiro atoms. The standard InChI is InChI=1S/C17H18Cl2N2O2S/c1-11(12-4-5-14(18)15(19)9-12)21-16(22)3-2-7-20-17(23)13-6-8-24-10-13/h4-6,8-11H,2-3,7H2,1H3,(H,20,23)(H,21,22). The molecular weight excluding hydrogens is 367 g/mol. The number of hydrogen-bond donors (Lipinski definition) is 2. The predicted molar refractivity (Wildman–Crippen MR) is 98.9 cm³/mol. The molecule has 0 saturated heterocycles. The SMILES string of the molecule is CC(NC(=O)CCCNC(=O)c1ccsc1)c1ccc(Cl)c(Cl)c1. The first kappa shape index (κ1) is 18.8. The second-order valence-corrected chi connectivity index (χ2v) is 6.93. The lowest BCUT2D eigenvalue weighted by atomic mass is 10.1. The van der Waals surface area contributed by atoms with Crippen LogP contribution in [0.1, 0.15) is 41.7 Å². The van der Waals surface area contributed by atoms with E-state index in [0.29, 0.717) is 35.0 Å². The third kappa shape index (κ3) is 5.51. The average molecular weight is 385 g/mol. The Labute approximate surface area is 155 Å². The van der Waals surface area contributed by atoms with E-state index >= 15 is 0 Å². The quantitative estimate of drug-likeness (QED) is 0.693. The molecule has 0 fully saturated rings. The van der Waals surface area contributed by atoms with E-state index in [0.717, 1.165) is 5.56 Å². The molecule has 4 nitrogen and oxygen atoms in total. The van der Waals surface area contributed by atoms with E-state index < -0.39 is 0 Å². The molecule has 1 aromatic heterocycles. The minimum absolute atomic E-state index is 0.0710. The first-order chi connectivity index (χ1) is 11.5. The van der Waals surface area contributed by atoms with E-state index in [9.17, 15) is 9.59 Å². The van der Waals surface area contributed by atoms with Crippen molar-refractivity contribution < 1.29 is 9.59 Å². The summed E-state index contributed by atoms with van der Waals surface area (Å²) >= 11 is 13.3. The second kappa shape index (κ2) is 9.06. The maximum absolute atomic E-state index is 12.0. The lowest BCUT2D eigenvalue weighted by molar-refractivity contribution is -0.121. The van der Waals surface area contributed by atoms with Crippen molar-refractivity contribution in [1.29, 1.82) is 0 Å². The van der Waals surface area contributed by atoms with E-state index in [-0.39, 0.29) is 17.9 Å². The second-order valence-electron chi connectivity index (χ2n) is 5.33. The first-order valence-electron chi connectivity index (χ1n) is 7.52. The third-order valence-electron chi connectivity index (χ3n) is 3.47. The molecule has 0 aliphatic heterocycles. The van der Waals surface area contributed by atoms with Crippen LogP contribution in [0.4, 0.5) is 0 Å². The van der Waals surface area contributed by atoms with Crippen LogP contribution in [0.2, 0.25) is 10.0 Å². The molecule has 24 heavy (non-hydrogen) atoms. The summed E-state index contributed by atoms with van der Waals surface area (Å²) in [5, 5.41) is 10.3. The molecule has 1 unspecified atom stereocenters. The van der Waals surface area contributed by atoms with Gasteiger partial charge in [0, 0.05) is 23.9 Å². The fourth-order valence-electron chi connectivity index (χ4n) is 2.13. The van der Waals surface area contributed by atoms with Gasteiger partial charge in [0.15, 0.2) is 0 Å². The Balaban J connectivity index is 1.71. The highest BCUT2D eigenvalue weighted by Crippen LogP contribution is 2.25. The summed E-state index contributed by atoms with van der Waals surface area (Å²) in [6.45, 7) is 2.35. The van der Waals surface area contributed by atoms with Crippen molar-refractivity contribution in [3.05, 3.63) is 56.2 Å². The minimum atomic E-state index is -0.160. The van der Waals surface area contributed by atoms with Crippen molar-refractivity contribution in [2.75, 3.05) is 6.54 Å². The molecule has 2 rings (SSSR count). The number of carbonyl (C=O) groups excluding carboxylic acids is 2. The first-order valence-corrected chi connectivity index (χ1v) is 9.22. The molecule has 2 N–H and O–H groups in total. The highest BCUT2D eigenvalue weighted by atomic mass is 35.5. The van der Waals surface area contributed by atoms with Gasteiger partial charge in [-0.25, -0.2) is 0 Å². The Bertz CT molecular complexity index is 705. The summed E-state index contributed by atoms with van der Waals surface area (Å²) in [4.78, 5) is 23.7. The van der Waals surface area contributed by atoms with Gasteiger partial charge in [-0.2, -0.15) is 11.3 Å². The molecule has 0 saturated carbocycles. The van der Waals surface area contributed by atoms with Crippen LogP contribution in [-0.2, 0) is 4.79 Å².